The van der Waals surface area contributed by atoms with Gasteiger partial charge in [-0.25, -0.2) is 0 Å². The second kappa shape index (κ2) is 15.0. The van der Waals surface area contributed by atoms with Crippen LogP contribution in [0.4, 0.5) is 0 Å². The van der Waals surface area contributed by atoms with E-state index in [1.54, 1.807) is 0 Å². The van der Waals surface area contributed by atoms with E-state index in [1.807, 2.05) is 13.8 Å². The Morgan fingerprint density at radius 1 is 0.789 bits per heavy atom. The monoisotopic (exact) mass is 276 g/mol. The highest BCUT2D eigenvalue weighted by atomic mass is 16.4. The first-order valence-corrected chi connectivity index (χ1v) is 6.94. The first-order valence-electron chi connectivity index (χ1n) is 6.94. The van der Waals surface area contributed by atoms with Crippen molar-refractivity contribution in [1.29, 1.82) is 0 Å². The van der Waals surface area contributed by atoms with Crippen LogP contribution >= 0.6 is 0 Å². The molecule has 0 rings (SSSR count). The smallest absolute Gasteiger partial charge is 0.303 e. The van der Waals surface area contributed by atoms with E-state index < -0.39 is 11.9 Å². The molecule has 5 nitrogen and oxygen atoms in total. The molecule has 0 atom stereocenters. The number of carboxylic acids is 2. The molecule has 3 N–H and O–H groups in total. The van der Waals surface area contributed by atoms with Crippen molar-refractivity contribution in [3.05, 3.63) is 0 Å². The molecule has 0 aliphatic carbocycles. The Balaban J connectivity index is 0. The van der Waals surface area contributed by atoms with E-state index in [9.17, 15) is 9.59 Å². The molecule has 0 heterocycles. The van der Waals surface area contributed by atoms with Gasteiger partial charge in [-0.1, -0.05) is 39.5 Å². The van der Waals surface area contributed by atoms with Crippen LogP contribution in [0.1, 0.15) is 65.2 Å². The lowest BCUT2D eigenvalue weighted by atomic mass is 10.1. The number of aliphatic hydroxyl groups is 1. The molecule has 0 radical (unpaired) electrons. The predicted molar refractivity (Wildman–Crippen MR) is 74.1 cm³/mol. The van der Waals surface area contributed by atoms with E-state index in [-0.39, 0.29) is 12.8 Å². The summed E-state index contributed by atoms with van der Waals surface area (Å²) in [5.74, 6) is -1.04. The Morgan fingerprint density at radius 2 is 1.05 bits per heavy atom. The summed E-state index contributed by atoms with van der Waals surface area (Å²) in [5.41, 5.74) is 0. The Hall–Kier alpha value is -1.10. The Morgan fingerprint density at radius 3 is 1.26 bits per heavy atom. The molecule has 0 aliphatic heterocycles. The van der Waals surface area contributed by atoms with Gasteiger partial charge in [0.25, 0.3) is 0 Å². The van der Waals surface area contributed by atoms with E-state index in [2.05, 4.69) is 0 Å². The van der Waals surface area contributed by atoms with Gasteiger partial charge in [0.1, 0.15) is 0 Å². The first-order chi connectivity index (χ1) is 8.90. The zero-order valence-electron chi connectivity index (χ0n) is 12.1. The van der Waals surface area contributed by atoms with E-state index in [0.717, 1.165) is 38.5 Å². The van der Waals surface area contributed by atoms with Gasteiger partial charge in [-0.2, -0.15) is 0 Å². The summed E-state index contributed by atoms with van der Waals surface area (Å²) in [6, 6.07) is 0. The highest BCUT2D eigenvalue weighted by Crippen LogP contribution is 2.08. The zero-order chi connectivity index (χ0) is 15.1. The van der Waals surface area contributed by atoms with Crippen molar-refractivity contribution < 1.29 is 24.9 Å². The third kappa shape index (κ3) is 26.5. The first kappa shape index (κ1) is 20.2. The normalized spacial score (nSPS) is 9.89. The van der Waals surface area contributed by atoms with Gasteiger partial charge < -0.3 is 15.3 Å². The summed E-state index contributed by atoms with van der Waals surface area (Å²) in [6.45, 7) is 4.25. The molecule has 19 heavy (non-hydrogen) atoms. The molecule has 0 aromatic carbocycles. The van der Waals surface area contributed by atoms with Crippen LogP contribution < -0.4 is 0 Å². The standard InChI is InChI=1S/C10H18O4.C4H10O/c11-9(12)7-5-3-1-2-4-6-8-10(13)14;1-4(2)3-5/h1-8H2,(H,11,12)(H,13,14);4-5H,3H2,1-2H3. The van der Waals surface area contributed by atoms with Crippen LogP contribution in [0.2, 0.25) is 0 Å². The lowest BCUT2D eigenvalue weighted by Crippen LogP contribution is -1.94. The zero-order valence-corrected chi connectivity index (χ0v) is 12.1. The van der Waals surface area contributed by atoms with Crippen LogP contribution in [0.3, 0.4) is 0 Å². The molecule has 0 aromatic heterocycles. The Kier molecular flexibility index (Phi) is 15.9. The number of rotatable bonds is 10. The van der Waals surface area contributed by atoms with Gasteiger partial charge in [0.05, 0.1) is 0 Å². The third-order valence-corrected chi connectivity index (χ3v) is 2.40. The summed E-state index contributed by atoms with van der Waals surface area (Å²) in [5, 5.41) is 24.8. The molecule has 0 fully saturated rings. The van der Waals surface area contributed by atoms with Crippen molar-refractivity contribution in [3.8, 4) is 0 Å². The summed E-state index contributed by atoms with van der Waals surface area (Å²) in [6.07, 6.45) is 5.82. The number of carboxylic acid groups (broad SMARTS) is 2. The lowest BCUT2D eigenvalue weighted by Gasteiger charge is -1.98. The van der Waals surface area contributed by atoms with Crippen molar-refractivity contribution in [1.82, 2.24) is 0 Å². The van der Waals surface area contributed by atoms with E-state index in [0.29, 0.717) is 12.5 Å². The minimum atomic E-state index is -0.740. The van der Waals surface area contributed by atoms with Crippen molar-refractivity contribution in [2.45, 2.75) is 65.2 Å². The van der Waals surface area contributed by atoms with Gasteiger partial charge in [-0.05, 0) is 18.8 Å². The van der Waals surface area contributed by atoms with Crippen LogP contribution in [0.15, 0.2) is 0 Å². The molecular weight excluding hydrogens is 248 g/mol. The SMILES string of the molecule is CC(C)CO.O=C(O)CCCCCCCCC(=O)O. The maximum Gasteiger partial charge on any atom is 0.303 e. The van der Waals surface area contributed by atoms with Crippen LogP contribution in [0, 0.1) is 5.92 Å². The fourth-order valence-corrected chi connectivity index (χ4v) is 1.26. The molecule has 5 heteroatoms. The topological polar surface area (TPSA) is 94.8 Å². The van der Waals surface area contributed by atoms with Gasteiger partial charge in [0.15, 0.2) is 0 Å². The van der Waals surface area contributed by atoms with Gasteiger partial charge >= 0.3 is 11.9 Å². The highest BCUT2D eigenvalue weighted by Gasteiger charge is 1.98. The van der Waals surface area contributed by atoms with E-state index >= 15 is 0 Å². The van der Waals surface area contributed by atoms with Crippen LogP contribution in [0.5, 0.6) is 0 Å². The largest absolute Gasteiger partial charge is 0.481 e. The van der Waals surface area contributed by atoms with Gasteiger partial charge in [0.2, 0.25) is 0 Å². The van der Waals surface area contributed by atoms with Gasteiger partial charge in [-0.3, -0.25) is 9.59 Å². The molecule has 114 valence electrons. The summed E-state index contributed by atoms with van der Waals surface area (Å²) in [7, 11) is 0. The lowest BCUT2D eigenvalue weighted by molar-refractivity contribution is -0.138. The Labute approximate surface area is 115 Å². The minimum absolute atomic E-state index is 0.245. The molecule has 0 saturated heterocycles. The Bertz CT molecular complexity index is 206. The molecule has 0 amide bonds. The van der Waals surface area contributed by atoms with Crippen molar-refractivity contribution >= 4 is 11.9 Å². The maximum absolute atomic E-state index is 10.1. The number of hydrogen-bond acceptors (Lipinski definition) is 3. The fraction of sp³-hybridized carbons (Fsp3) is 0.857. The second-order valence-corrected chi connectivity index (χ2v) is 4.99. The van der Waals surface area contributed by atoms with Crippen LogP contribution in [-0.2, 0) is 9.59 Å². The molecule has 0 aliphatic rings. The molecule has 0 aromatic rings. The summed E-state index contributed by atoms with van der Waals surface area (Å²) >= 11 is 0. The maximum atomic E-state index is 10.1. The molecule has 0 saturated carbocycles. The summed E-state index contributed by atoms with van der Waals surface area (Å²) in [4.78, 5) is 20.3. The highest BCUT2D eigenvalue weighted by molar-refractivity contribution is 5.66. The second-order valence-electron chi connectivity index (χ2n) is 4.99. The van der Waals surface area contributed by atoms with Crippen LogP contribution in [-0.4, -0.2) is 33.9 Å². The number of hydrogen-bond donors (Lipinski definition) is 3. The van der Waals surface area contributed by atoms with Crippen LogP contribution in [0.25, 0.3) is 0 Å². The number of carbonyl (C=O) groups is 2. The van der Waals surface area contributed by atoms with E-state index in [4.69, 9.17) is 15.3 Å². The minimum Gasteiger partial charge on any atom is -0.481 e. The molecule has 0 unspecified atom stereocenters. The summed E-state index contributed by atoms with van der Waals surface area (Å²) < 4.78 is 0. The van der Waals surface area contributed by atoms with Gasteiger partial charge in [0, 0.05) is 19.4 Å². The quantitative estimate of drug-likeness (QED) is 0.533. The average molecular weight is 276 g/mol. The predicted octanol–water partition coefficient (Wildman–Crippen LogP) is 2.91. The van der Waals surface area contributed by atoms with Crippen molar-refractivity contribution in [3.63, 3.8) is 0 Å². The number of aliphatic hydroxyl groups excluding tert-OH is 1. The fourth-order valence-electron chi connectivity index (χ4n) is 1.26. The van der Waals surface area contributed by atoms with Crippen molar-refractivity contribution in [2.24, 2.45) is 5.92 Å². The third-order valence-electron chi connectivity index (χ3n) is 2.40. The van der Waals surface area contributed by atoms with Crippen molar-refractivity contribution in [2.75, 3.05) is 6.61 Å². The molecular formula is C14H28O5. The molecule has 0 spiro atoms. The number of unbranched alkanes of at least 4 members (excludes halogenated alkanes) is 5. The number of aliphatic carboxylic acids is 2. The van der Waals surface area contributed by atoms with E-state index in [1.165, 1.54) is 0 Å². The average Bonchev–Trinajstić information content (AvgIpc) is 2.32. The van der Waals surface area contributed by atoms with Gasteiger partial charge in [-0.15, -0.1) is 0 Å². The molecule has 0 bridgehead atoms.